The van der Waals surface area contributed by atoms with Gasteiger partial charge in [-0.3, -0.25) is 0 Å². The van der Waals surface area contributed by atoms with Crippen LogP contribution in [0.15, 0.2) is 0 Å². The van der Waals surface area contributed by atoms with E-state index in [-0.39, 0.29) is 10.3 Å². The maximum absolute atomic E-state index is 4.80. The molecule has 0 rings (SSSR count). The molecular formula is C3H9N3O2S2. The van der Waals surface area contributed by atoms with Crippen molar-refractivity contribution in [3.05, 3.63) is 0 Å². The number of thiocarbonyl (C=S) groups is 2. The molecule has 0 heterocycles. The number of ether oxygens (including phenoxy) is 1. The predicted molar refractivity (Wildman–Crippen MR) is 45.9 cm³/mol. The highest BCUT2D eigenvalue weighted by atomic mass is 32.1. The lowest BCUT2D eigenvalue weighted by Gasteiger charge is -1.85. The highest BCUT2D eigenvalue weighted by Crippen LogP contribution is 1.58. The van der Waals surface area contributed by atoms with Crippen molar-refractivity contribution in [2.45, 2.75) is 0 Å². The highest BCUT2D eigenvalue weighted by molar-refractivity contribution is 7.80. The standard InChI is InChI=1S/C2H5NOS.CH4N2OS/c1-4-2(3)5;2-1(5)4-3/h1H3,(H2,3,5);3H2,(H2,2,5). The fourth-order valence-corrected chi connectivity index (χ4v) is 0. The second kappa shape index (κ2) is 8.34. The van der Waals surface area contributed by atoms with E-state index in [4.69, 9.17) is 5.73 Å². The molecule has 10 heavy (non-hydrogen) atoms. The Bertz CT molecular complexity index is 104. The number of nitrogens with two attached hydrogens (primary N) is 3. The van der Waals surface area contributed by atoms with Gasteiger partial charge in [-0.15, -0.1) is 0 Å². The third-order valence-electron chi connectivity index (χ3n) is 0.317. The van der Waals surface area contributed by atoms with Crippen LogP contribution in [0.25, 0.3) is 0 Å². The van der Waals surface area contributed by atoms with E-state index in [1.54, 1.807) is 0 Å². The number of methoxy groups -OCH3 is 1. The quantitative estimate of drug-likeness (QED) is 0.327. The van der Waals surface area contributed by atoms with Crippen LogP contribution >= 0.6 is 24.4 Å². The van der Waals surface area contributed by atoms with Crippen LogP contribution in [0.1, 0.15) is 0 Å². The zero-order chi connectivity index (χ0) is 8.57. The van der Waals surface area contributed by atoms with Crippen molar-refractivity contribution in [2.75, 3.05) is 7.11 Å². The minimum Gasteiger partial charge on any atom is -0.475 e. The molecular weight excluding hydrogens is 174 g/mol. The molecule has 0 bridgehead atoms. The van der Waals surface area contributed by atoms with Gasteiger partial charge in [-0.05, 0) is 24.4 Å². The van der Waals surface area contributed by atoms with Crippen molar-refractivity contribution in [1.82, 2.24) is 0 Å². The van der Waals surface area contributed by atoms with Crippen LogP contribution in [-0.4, -0.2) is 17.5 Å². The zero-order valence-corrected chi connectivity index (χ0v) is 7.00. The lowest BCUT2D eigenvalue weighted by molar-refractivity contribution is 0.325. The van der Waals surface area contributed by atoms with Crippen LogP contribution in [-0.2, 0) is 9.57 Å². The van der Waals surface area contributed by atoms with Gasteiger partial charge in [0.25, 0.3) is 10.3 Å². The van der Waals surface area contributed by atoms with Crippen LogP contribution in [0.3, 0.4) is 0 Å². The van der Waals surface area contributed by atoms with Crippen LogP contribution < -0.4 is 17.4 Å². The van der Waals surface area contributed by atoms with E-state index in [2.05, 4.69) is 45.6 Å². The Balaban J connectivity index is 0. The predicted octanol–water partition coefficient (Wildman–Crippen LogP) is -1.00. The summed E-state index contributed by atoms with van der Waals surface area (Å²) in [6.45, 7) is 0. The van der Waals surface area contributed by atoms with Gasteiger partial charge in [0, 0.05) is 0 Å². The zero-order valence-electron chi connectivity index (χ0n) is 5.37. The molecule has 60 valence electrons. The van der Waals surface area contributed by atoms with Crippen LogP contribution in [0.5, 0.6) is 0 Å². The first kappa shape index (κ1) is 12.1. The molecule has 0 unspecified atom stereocenters. The Morgan fingerprint density at radius 3 is 1.40 bits per heavy atom. The van der Waals surface area contributed by atoms with Gasteiger partial charge in [-0.1, -0.05) is 0 Å². The average Bonchev–Trinajstić information content (AvgIpc) is 1.89. The molecule has 0 aliphatic heterocycles. The van der Waals surface area contributed by atoms with Crippen LogP contribution in [0.4, 0.5) is 0 Å². The molecule has 0 saturated heterocycles. The van der Waals surface area contributed by atoms with Crippen molar-refractivity contribution >= 4 is 34.8 Å². The van der Waals surface area contributed by atoms with E-state index in [9.17, 15) is 0 Å². The van der Waals surface area contributed by atoms with Gasteiger partial charge >= 0.3 is 0 Å². The Hall–Kier alpha value is -0.660. The lowest BCUT2D eigenvalue weighted by Crippen LogP contribution is -2.16. The molecule has 0 fully saturated rings. The fraction of sp³-hybridized carbons (Fsp3) is 0.333. The summed E-state index contributed by atoms with van der Waals surface area (Å²) in [6, 6.07) is 0. The van der Waals surface area contributed by atoms with Crippen molar-refractivity contribution in [1.29, 1.82) is 0 Å². The summed E-state index contributed by atoms with van der Waals surface area (Å²) < 4.78 is 4.26. The molecule has 0 radical (unpaired) electrons. The van der Waals surface area contributed by atoms with Crippen LogP contribution in [0, 0.1) is 0 Å². The van der Waals surface area contributed by atoms with Gasteiger partial charge in [0.2, 0.25) is 0 Å². The molecule has 7 heteroatoms. The van der Waals surface area contributed by atoms with Crippen LogP contribution in [0.2, 0.25) is 0 Å². The van der Waals surface area contributed by atoms with Gasteiger partial charge in [0.05, 0.1) is 7.11 Å². The largest absolute Gasteiger partial charge is 0.475 e. The summed E-state index contributed by atoms with van der Waals surface area (Å²) in [5.41, 5.74) is 9.48. The number of rotatable bonds is 0. The molecule has 0 saturated carbocycles. The van der Waals surface area contributed by atoms with E-state index in [1.165, 1.54) is 7.11 Å². The molecule has 0 aromatic rings. The third kappa shape index (κ3) is 26.4. The first-order valence-electron chi connectivity index (χ1n) is 2.04. The topological polar surface area (TPSA) is 96.5 Å². The molecule has 0 aliphatic carbocycles. The monoisotopic (exact) mass is 183 g/mol. The van der Waals surface area contributed by atoms with Crippen molar-refractivity contribution in [2.24, 2.45) is 17.4 Å². The first-order chi connectivity index (χ1) is 4.54. The Morgan fingerprint density at radius 2 is 1.40 bits per heavy atom. The normalized spacial score (nSPS) is 6.60. The van der Waals surface area contributed by atoms with E-state index in [0.29, 0.717) is 0 Å². The van der Waals surface area contributed by atoms with Crippen molar-refractivity contribution < 1.29 is 9.57 Å². The van der Waals surface area contributed by atoms with E-state index >= 15 is 0 Å². The molecule has 0 atom stereocenters. The van der Waals surface area contributed by atoms with Gasteiger partial charge in [0.1, 0.15) is 0 Å². The second-order valence-electron chi connectivity index (χ2n) is 0.960. The van der Waals surface area contributed by atoms with E-state index in [0.717, 1.165) is 0 Å². The SMILES string of the molecule is COC(N)=S.NOC(N)=S. The van der Waals surface area contributed by atoms with Gasteiger partial charge in [0.15, 0.2) is 0 Å². The third-order valence-corrected chi connectivity index (χ3v) is 0.580. The summed E-state index contributed by atoms with van der Waals surface area (Å²) >= 11 is 8.38. The smallest absolute Gasteiger partial charge is 0.275 e. The minimum atomic E-state index is -0.134. The highest BCUT2D eigenvalue weighted by Gasteiger charge is 1.70. The second-order valence-corrected chi connectivity index (χ2v) is 1.76. The number of hydrogen-bond donors (Lipinski definition) is 3. The minimum absolute atomic E-state index is 0.0880. The number of hydrogen-bond acceptors (Lipinski definition) is 5. The molecule has 0 aromatic carbocycles. The molecule has 6 N–H and O–H groups in total. The maximum atomic E-state index is 4.80. The van der Waals surface area contributed by atoms with E-state index < -0.39 is 0 Å². The fourth-order valence-electron chi connectivity index (χ4n) is 0. The molecule has 0 amide bonds. The molecule has 0 aliphatic rings. The van der Waals surface area contributed by atoms with E-state index in [1.807, 2.05) is 0 Å². The summed E-state index contributed by atoms with van der Waals surface area (Å²) in [7, 11) is 1.43. The summed E-state index contributed by atoms with van der Waals surface area (Å²) in [5, 5.41) is -0.0463. The van der Waals surface area contributed by atoms with Crippen molar-refractivity contribution in [3.8, 4) is 0 Å². The maximum Gasteiger partial charge on any atom is 0.275 e. The molecule has 0 spiro atoms. The lowest BCUT2D eigenvalue weighted by atomic mass is 11.3. The summed E-state index contributed by atoms with van der Waals surface area (Å²) in [5.74, 6) is 4.41. The molecule has 5 nitrogen and oxygen atoms in total. The summed E-state index contributed by atoms with van der Waals surface area (Å²) in [6.07, 6.45) is 0. The van der Waals surface area contributed by atoms with Gasteiger partial charge in [-0.25, -0.2) is 0 Å². The molecule has 0 aromatic heterocycles. The summed E-state index contributed by atoms with van der Waals surface area (Å²) in [4.78, 5) is 3.76. The Labute approximate surface area is 69.4 Å². The van der Waals surface area contributed by atoms with Crippen molar-refractivity contribution in [3.63, 3.8) is 0 Å². The Kier molecular flexibility index (Phi) is 10.1. The van der Waals surface area contributed by atoms with Gasteiger partial charge < -0.3 is 21.0 Å². The average molecular weight is 183 g/mol. The van der Waals surface area contributed by atoms with Gasteiger partial charge in [-0.2, -0.15) is 5.90 Å². The Morgan fingerprint density at radius 1 is 1.20 bits per heavy atom. The first-order valence-corrected chi connectivity index (χ1v) is 2.85.